The zero-order valence-corrected chi connectivity index (χ0v) is 37.0. The minimum absolute atomic E-state index is 0.0242. The Morgan fingerprint density at radius 3 is 1.24 bits per heavy atom. The highest BCUT2D eigenvalue weighted by Crippen LogP contribution is 2.59. The van der Waals surface area contributed by atoms with E-state index in [1.807, 2.05) is 0 Å². The van der Waals surface area contributed by atoms with Crippen molar-refractivity contribution in [1.29, 1.82) is 0 Å². The number of para-hydroxylation sites is 2. The zero-order valence-electron chi connectivity index (χ0n) is 37.0. The van der Waals surface area contributed by atoms with Crippen LogP contribution < -0.4 is 52.4 Å². The number of rotatable bonds is 4. The molecule has 6 heterocycles. The molecule has 0 aliphatic carbocycles. The fourth-order valence-electron chi connectivity index (χ4n) is 12.4. The van der Waals surface area contributed by atoms with Crippen LogP contribution in [0.1, 0.15) is 11.5 Å². The topological polar surface area (TPSA) is 26.1 Å². The minimum atomic E-state index is -0.0357. The fourth-order valence-corrected chi connectivity index (χ4v) is 12.4. The summed E-state index contributed by atoms with van der Waals surface area (Å²) >= 11 is 0. The van der Waals surface area contributed by atoms with Crippen molar-refractivity contribution in [2.24, 2.45) is 0 Å². The second-order valence-corrected chi connectivity index (χ2v) is 18.4. The zero-order chi connectivity index (χ0) is 44.1. The number of anilines is 12. The molecule has 0 N–H and O–H groups in total. The highest BCUT2D eigenvalue weighted by atomic mass is 16.3. The first kappa shape index (κ1) is 36.9. The molecular weight excluding hydrogens is 814 g/mol. The standard InChI is InChI=1S/C60H40B2N4O/c1-37-57-58(38(2)67-37)66-53-28-15-25-50-56(53)62(48-35-41(39-17-7-3-8-18-39)30-34-49(48)63(50)43-21-11-5-12-22-43)47-33-32-46-59(60(47)66)65(57)52-27-16-26-51-55(52)61(46)45-31-29-42(40-19-9-4-10-20-40)36-54(45)64(51)44-23-13-6-14-24-44/h3-36H,1-2H3. The van der Waals surface area contributed by atoms with Crippen LogP contribution in [0.5, 0.6) is 0 Å². The van der Waals surface area contributed by atoms with E-state index >= 15 is 0 Å². The van der Waals surface area contributed by atoms with Gasteiger partial charge in [-0.05, 0) is 130 Å². The minimum Gasteiger partial charge on any atom is -0.462 e. The highest BCUT2D eigenvalue weighted by molar-refractivity contribution is 7.02. The first-order valence-electron chi connectivity index (χ1n) is 23.3. The summed E-state index contributed by atoms with van der Waals surface area (Å²) in [4.78, 5) is 10.1. The molecule has 0 saturated carbocycles. The van der Waals surface area contributed by atoms with Crippen LogP contribution >= 0.6 is 0 Å². The molecule has 0 radical (unpaired) electrons. The lowest BCUT2D eigenvalue weighted by molar-refractivity contribution is 0.506. The number of benzene rings is 9. The van der Waals surface area contributed by atoms with E-state index < -0.39 is 0 Å². The van der Waals surface area contributed by atoms with Crippen LogP contribution in [0.4, 0.5) is 68.2 Å². The van der Waals surface area contributed by atoms with Gasteiger partial charge in [0, 0.05) is 45.5 Å². The molecular formula is C60H40B2N4O. The molecule has 10 aromatic rings. The predicted molar refractivity (Wildman–Crippen MR) is 281 cm³/mol. The Labute approximate surface area is 390 Å². The summed E-state index contributed by atoms with van der Waals surface area (Å²) < 4.78 is 6.82. The lowest BCUT2D eigenvalue weighted by Gasteiger charge is -2.51. The van der Waals surface area contributed by atoms with Crippen molar-refractivity contribution in [3.05, 3.63) is 218 Å². The fraction of sp³-hybridized carbons (Fsp3) is 0.0333. The lowest BCUT2D eigenvalue weighted by atomic mass is 9.31. The van der Waals surface area contributed by atoms with Crippen LogP contribution in [0, 0.1) is 13.8 Å². The molecule has 5 aliphatic rings. The van der Waals surface area contributed by atoms with Crippen LogP contribution in [0.25, 0.3) is 22.3 Å². The molecule has 0 saturated heterocycles. The molecule has 0 bridgehead atoms. The molecule has 5 nitrogen and oxygen atoms in total. The van der Waals surface area contributed by atoms with E-state index in [0.29, 0.717) is 0 Å². The molecule has 0 fully saturated rings. The van der Waals surface area contributed by atoms with E-state index in [4.69, 9.17) is 4.42 Å². The monoisotopic (exact) mass is 854 g/mol. The second-order valence-electron chi connectivity index (χ2n) is 18.4. The predicted octanol–water partition coefficient (Wildman–Crippen LogP) is 11.7. The number of hydrogen-bond acceptors (Lipinski definition) is 5. The van der Waals surface area contributed by atoms with Crippen LogP contribution in [0.15, 0.2) is 211 Å². The Balaban J connectivity index is 1.04. The van der Waals surface area contributed by atoms with Gasteiger partial charge in [0.2, 0.25) is 0 Å². The first-order valence-corrected chi connectivity index (χ1v) is 23.3. The second kappa shape index (κ2) is 13.6. The van der Waals surface area contributed by atoms with E-state index in [1.165, 1.54) is 101 Å². The molecule has 312 valence electrons. The maximum absolute atomic E-state index is 6.82. The third-order valence-electron chi connectivity index (χ3n) is 15.0. The van der Waals surface area contributed by atoms with Gasteiger partial charge in [-0.1, -0.05) is 146 Å². The highest BCUT2D eigenvalue weighted by Gasteiger charge is 2.53. The summed E-state index contributed by atoms with van der Waals surface area (Å²) in [6.45, 7) is 4.23. The number of aryl methyl sites for hydroxylation is 2. The SMILES string of the molecule is Cc1oc(C)c2c1N1c3cccc4c3B(c3cc(-c5ccccc5)ccc3N4c3ccccc3)c3ccc4c(c31)N2c1cccc2c1B4c1ccc(-c3ccccc3)cc1N2c1ccccc1. The van der Waals surface area contributed by atoms with Crippen LogP contribution in [-0.4, -0.2) is 13.4 Å². The van der Waals surface area contributed by atoms with Crippen molar-refractivity contribution in [1.82, 2.24) is 0 Å². The summed E-state index contributed by atoms with van der Waals surface area (Å²) in [6.07, 6.45) is 0. The Bertz CT molecular complexity index is 3710. The van der Waals surface area contributed by atoms with Crippen molar-refractivity contribution >= 4 is 114 Å². The third kappa shape index (κ3) is 4.90. The van der Waals surface area contributed by atoms with E-state index in [1.54, 1.807) is 0 Å². The molecule has 0 spiro atoms. The third-order valence-corrected chi connectivity index (χ3v) is 15.0. The molecule has 67 heavy (non-hydrogen) atoms. The number of hydrogen-bond donors (Lipinski definition) is 0. The Morgan fingerprint density at radius 2 is 0.716 bits per heavy atom. The van der Waals surface area contributed by atoms with Gasteiger partial charge in [0.05, 0.1) is 11.4 Å². The maximum atomic E-state index is 6.82. The molecule has 5 aliphatic heterocycles. The van der Waals surface area contributed by atoms with Crippen molar-refractivity contribution in [2.75, 3.05) is 19.6 Å². The molecule has 7 heteroatoms. The average Bonchev–Trinajstić information content (AvgIpc) is 3.69. The summed E-state index contributed by atoms with van der Waals surface area (Å²) in [5.74, 6) is 1.81. The van der Waals surface area contributed by atoms with Gasteiger partial charge >= 0.3 is 0 Å². The molecule has 9 aromatic carbocycles. The molecule has 1 aromatic heterocycles. The van der Waals surface area contributed by atoms with Gasteiger partial charge in [0.1, 0.15) is 22.9 Å². The lowest BCUT2D eigenvalue weighted by Crippen LogP contribution is -2.65. The van der Waals surface area contributed by atoms with E-state index in [9.17, 15) is 0 Å². The summed E-state index contributed by atoms with van der Waals surface area (Å²) in [7, 11) is 0. The van der Waals surface area contributed by atoms with E-state index in [2.05, 4.69) is 240 Å². The van der Waals surface area contributed by atoms with Gasteiger partial charge < -0.3 is 24.0 Å². The van der Waals surface area contributed by atoms with Gasteiger partial charge in [-0.25, -0.2) is 0 Å². The van der Waals surface area contributed by atoms with Gasteiger partial charge in [-0.3, -0.25) is 0 Å². The van der Waals surface area contributed by atoms with E-state index in [0.717, 1.165) is 34.3 Å². The van der Waals surface area contributed by atoms with Gasteiger partial charge in [0.25, 0.3) is 13.4 Å². The quantitative estimate of drug-likeness (QED) is 0.164. The van der Waals surface area contributed by atoms with Crippen molar-refractivity contribution in [3.63, 3.8) is 0 Å². The van der Waals surface area contributed by atoms with Gasteiger partial charge in [0.15, 0.2) is 0 Å². The van der Waals surface area contributed by atoms with E-state index in [-0.39, 0.29) is 13.4 Å². The van der Waals surface area contributed by atoms with Crippen LogP contribution in [0.3, 0.4) is 0 Å². The smallest absolute Gasteiger partial charge is 0.252 e. The molecule has 15 rings (SSSR count). The van der Waals surface area contributed by atoms with Crippen LogP contribution in [-0.2, 0) is 0 Å². The van der Waals surface area contributed by atoms with Gasteiger partial charge in [-0.2, -0.15) is 0 Å². The first-order chi connectivity index (χ1) is 33.1. The Kier molecular flexibility index (Phi) is 7.47. The summed E-state index contributed by atoms with van der Waals surface area (Å²) in [5, 5.41) is 0. The largest absolute Gasteiger partial charge is 0.462 e. The number of fused-ring (bicyclic) bond motifs is 11. The Morgan fingerprint density at radius 1 is 0.299 bits per heavy atom. The van der Waals surface area contributed by atoms with Crippen molar-refractivity contribution in [3.8, 4) is 22.3 Å². The average molecular weight is 855 g/mol. The Hall–Kier alpha value is -8.41. The van der Waals surface area contributed by atoms with Gasteiger partial charge in [-0.15, -0.1) is 0 Å². The van der Waals surface area contributed by atoms with Crippen LogP contribution in [0.2, 0.25) is 0 Å². The summed E-state index contributed by atoms with van der Waals surface area (Å²) in [6, 6.07) is 76.4. The number of furan rings is 1. The molecule has 0 atom stereocenters. The maximum Gasteiger partial charge on any atom is 0.252 e. The van der Waals surface area contributed by atoms with Crippen molar-refractivity contribution < 1.29 is 4.42 Å². The summed E-state index contributed by atoms with van der Waals surface area (Å²) in [5.41, 5.74) is 26.8. The normalized spacial score (nSPS) is 13.9. The van der Waals surface area contributed by atoms with Crippen molar-refractivity contribution in [2.45, 2.75) is 13.8 Å². The molecule has 0 unspecified atom stereocenters. The number of nitrogens with zero attached hydrogens (tertiary/aromatic N) is 4. The molecule has 0 amide bonds.